The zero-order valence-corrected chi connectivity index (χ0v) is 16.6. The number of hydrogen-bond donors (Lipinski definition) is 1. The lowest BCUT2D eigenvalue weighted by atomic mass is 10.1. The van der Waals surface area contributed by atoms with E-state index in [4.69, 9.17) is 15.5 Å². The first-order valence-corrected chi connectivity index (χ1v) is 9.99. The van der Waals surface area contributed by atoms with Gasteiger partial charge in [-0.2, -0.15) is 0 Å². The number of fused-ring (bicyclic) bond motifs is 1. The highest BCUT2D eigenvalue weighted by Crippen LogP contribution is 2.25. The second kappa shape index (κ2) is 9.75. The van der Waals surface area contributed by atoms with E-state index in [1.807, 2.05) is 26.8 Å². The molecule has 2 aromatic rings. The van der Waals surface area contributed by atoms with Gasteiger partial charge in [0.15, 0.2) is 4.96 Å². The molecule has 0 unspecified atom stereocenters. The van der Waals surface area contributed by atoms with Crippen LogP contribution in [-0.2, 0) is 11.3 Å². The predicted molar refractivity (Wildman–Crippen MR) is 107 cm³/mol. The monoisotopic (exact) mass is 362 g/mol. The third-order valence-electron chi connectivity index (χ3n) is 4.08. The van der Waals surface area contributed by atoms with Crippen LogP contribution in [0, 0.1) is 0 Å². The Kier molecular flexibility index (Phi) is 7.68. The molecule has 1 aliphatic rings. The zero-order chi connectivity index (χ0) is 18.2. The van der Waals surface area contributed by atoms with Gasteiger partial charge in [0, 0.05) is 48.2 Å². The van der Waals surface area contributed by atoms with Gasteiger partial charge in [-0.3, -0.25) is 9.30 Å². The molecule has 0 aromatic carbocycles. The van der Waals surface area contributed by atoms with Gasteiger partial charge in [0.25, 0.3) is 0 Å². The summed E-state index contributed by atoms with van der Waals surface area (Å²) in [7, 11) is 0. The van der Waals surface area contributed by atoms with Gasteiger partial charge in [0.1, 0.15) is 0 Å². The molecule has 3 heterocycles. The first kappa shape index (κ1) is 19.7. The van der Waals surface area contributed by atoms with E-state index in [0.717, 1.165) is 61.2 Å². The van der Waals surface area contributed by atoms with Crippen LogP contribution in [0.1, 0.15) is 45.5 Å². The van der Waals surface area contributed by atoms with Crippen molar-refractivity contribution in [1.82, 2.24) is 14.3 Å². The number of thiazole rings is 1. The lowest BCUT2D eigenvalue weighted by Gasteiger charge is -2.26. The Bertz CT molecular complexity index is 723. The SMILES string of the molecule is C/C=C(N)\C(=C/CC)c1cn2c(CN3CCOCC3)csc2n1.CC. The first-order chi connectivity index (χ1) is 12.2. The summed E-state index contributed by atoms with van der Waals surface area (Å²) in [5.74, 6) is 0. The fourth-order valence-electron chi connectivity index (χ4n) is 2.79. The minimum atomic E-state index is 0.785. The van der Waals surface area contributed by atoms with Gasteiger partial charge in [0.2, 0.25) is 0 Å². The van der Waals surface area contributed by atoms with Crippen LogP contribution >= 0.6 is 11.3 Å². The van der Waals surface area contributed by atoms with E-state index in [2.05, 4.69) is 33.9 Å². The molecule has 0 saturated carbocycles. The number of morpholine rings is 1. The Morgan fingerprint density at radius 1 is 1.36 bits per heavy atom. The molecule has 2 N–H and O–H groups in total. The summed E-state index contributed by atoms with van der Waals surface area (Å²) in [6.07, 6.45) is 7.13. The molecule has 1 saturated heterocycles. The fraction of sp³-hybridized carbons (Fsp3) is 0.526. The van der Waals surface area contributed by atoms with E-state index in [1.54, 1.807) is 11.3 Å². The molecular formula is C19H30N4OS. The maximum atomic E-state index is 6.14. The molecule has 0 amide bonds. The van der Waals surface area contributed by atoms with Crippen LogP contribution in [0.15, 0.2) is 29.4 Å². The average Bonchev–Trinajstić information content (AvgIpc) is 3.23. The Morgan fingerprint density at radius 3 is 2.72 bits per heavy atom. The second-order valence-electron chi connectivity index (χ2n) is 5.66. The molecule has 1 fully saturated rings. The highest BCUT2D eigenvalue weighted by molar-refractivity contribution is 7.15. The number of ether oxygens (including phenoxy) is 1. The van der Waals surface area contributed by atoms with Crippen molar-refractivity contribution in [3.8, 4) is 0 Å². The van der Waals surface area contributed by atoms with Gasteiger partial charge in [-0.1, -0.05) is 32.9 Å². The Balaban J connectivity index is 0.00000109. The molecule has 0 bridgehead atoms. The van der Waals surface area contributed by atoms with E-state index in [9.17, 15) is 0 Å². The molecule has 6 heteroatoms. The van der Waals surface area contributed by atoms with Crippen LogP contribution in [0.3, 0.4) is 0 Å². The number of rotatable bonds is 5. The maximum Gasteiger partial charge on any atom is 0.194 e. The highest BCUT2D eigenvalue weighted by Gasteiger charge is 2.16. The Hall–Kier alpha value is -1.63. The van der Waals surface area contributed by atoms with Crippen molar-refractivity contribution in [3.63, 3.8) is 0 Å². The third-order valence-corrected chi connectivity index (χ3v) is 4.97. The summed E-state index contributed by atoms with van der Waals surface area (Å²) in [4.78, 5) is 8.21. The summed E-state index contributed by atoms with van der Waals surface area (Å²) >= 11 is 1.68. The largest absolute Gasteiger partial charge is 0.398 e. The van der Waals surface area contributed by atoms with Crippen molar-refractivity contribution in [2.24, 2.45) is 5.73 Å². The minimum absolute atomic E-state index is 0.785. The van der Waals surface area contributed by atoms with Crippen LogP contribution in [0.5, 0.6) is 0 Å². The average molecular weight is 363 g/mol. The number of nitrogens with zero attached hydrogens (tertiary/aromatic N) is 3. The fourth-order valence-corrected chi connectivity index (χ4v) is 3.66. The van der Waals surface area contributed by atoms with Gasteiger partial charge >= 0.3 is 0 Å². The normalized spacial score (nSPS) is 16.8. The summed E-state index contributed by atoms with van der Waals surface area (Å²) < 4.78 is 7.62. The molecular weight excluding hydrogens is 332 g/mol. The zero-order valence-electron chi connectivity index (χ0n) is 15.8. The van der Waals surface area contributed by atoms with Crippen molar-refractivity contribution in [2.45, 2.75) is 40.7 Å². The molecule has 25 heavy (non-hydrogen) atoms. The third kappa shape index (κ3) is 4.71. The molecule has 138 valence electrons. The van der Waals surface area contributed by atoms with Crippen molar-refractivity contribution in [2.75, 3.05) is 26.3 Å². The number of nitrogens with two attached hydrogens (primary N) is 1. The Morgan fingerprint density at radius 2 is 2.08 bits per heavy atom. The number of imidazole rings is 1. The number of allylic oxidation sites excluding steroid dienone is 3. The number of hydrogen-bond acceptors (Lipinski definition) is 5. The number of aromatic nitrogens is 2. The lowest BCUT2D eigenvalue weighted by Crippen LogP contribution is -2.35. The predicted octanol–water partition coefficient (Wildman–Crippen LogP) is 3.91. The van der Waals surface area contributed by atoms with Gasteiger partial charge in [-0.25, -0.2) is 4.98 Å². The maximum absolute atomic E-state index is 6.14. The van der Waals surface area contributed by atoms with Crippen LogP contribution in [0.25, 0.3) is 10.5 Å². The minimum Gasteiger partial charge on any atom is -0.398 e. The van der Waals surface area contributed by atoms with Crippen molar-refractivity contribution >= 4 is 21.9 Å². The first-order valence-electron chi connectivity index (χ1n) is 9.11. The quantitative estimate of drug-likeness (QED) is 0.819. The highest BCUT2D eigenvalue weighted by atomic mass is 32.1. The van der Waals surface area contributed by atoms with Crippen molar-refractivity contribution in [3.05, 3.63) is 40.8 Å². The van der Waals surface area contributed by atoms with Crippen LogP contribution in [0.4, 0.5) is 0 Å². The summed E-state index contributed by atoms with van der Waals surface area (Å²) in [5.41, 5.74) is 10.2. The summed E-state index contributed by atoms with van der Waals surface area (Å²) in [6, 6.07) is 0. The molecule has 0 aliphatic carbocycles. The van der Waals surface area contributed by atoms with Crippen LogP contribution in [-0.4, -0.2) is 40.6 Å². The second-order valence-corrected chi connectivity index (χ2v) is 6.50. The van der Waals surface area contributed by atoms with Crippen LogP contribution in [0.2, 0.25) is 0 Å². The molecule has 0 radical (unpaired) electrons. The standard InChI is InChI=1S/C17H24N4OS.C2H6/c1-3-5-14(15(18)4-2)16-11-21-13(12-23-17(21)19-16)10-20-6-8-22-9-7-20;1-2/h4-5,11-12H,3,6-10,18H2,1-2H3;1-2H3/b14-5+,15-4+;. The van der Waals surface area contributed by atoms with Crippen molar-refractivity contribution in [1.29, 1.82) is 0 Å². The van der Waals surface area contributed by atoms with Crippen LogP contribution < -0.4 is 5.73 Å². The van der Waals surface area contributed by atoms with Gasteiger partial charge in [0.05, 0.1) is 18.9 Å². The van der Waals surface area contributed by atoms with E-state index >= 15 is 0 Å². The van der Waals surface area contributed by atoms with E-state index < -0.39 is 0 Å². The van der Waals surface area contributed by atoms with Gasteiger partial charge in [-0.15, -0.1) is 11.3 Å². The van der Waals surface area contributed by atoms with E-state index in [1.165, 1.54) is 5.69 Å². The molecule has 5 nitrogen and oxygen atoms in total. The molecule has 0 spiro atoms. The summed E-state index contributed by atoms with van der Waals surface area (Å²) in [6.45, 7) is 12.6. The molecule has 0 atom stereocenters. The van der Waals surface area contributed by atoms with E-state index in [0.29, 0.717) is 0 Å². The van der Waals surface area contributed by atoms with Gasteiger partial charge in [-0.05, 0) is 13.3 Å². The van der Waals surface area contributed by atoms with Crippen molar-refractivity contribution < 1.29 is 4.74 Å². The van der Waals surface area contributed by atoms with E-state index in [-0.39, 0.29) is 0 Å². The smallest absolute Gasteiger partial charge is 0.194 e. The topological polar surface area (TPSA) is 55.8 Å². The molecule has 1 aliphatic heterocycles. The van der Waals surface area contributed by atoms with Gasteiger partial charge < -0.3 is 10.5 Å². The lowest BCUT2D eigenvalue weighted by molar-refractivity contribution is 0.0336. The molecule has 3 rings (SSSR count). The summed E-state index contributed by atoms with van der Waals surface area (Å²) in [5, 5.41) is 2.20. The molecule has 2 aromatic heterocycles. The Labute approximate surface area is 154 Å².